The fraction of sp³-hybridized carbons (Fsp3) is 0.375. The van der Waals surface area contributed by atoms with E-state index in [0.29, 0.717) is 9.37 Å². The predicted octanol–water partition coefficient (Wildman–Crippen LogP) is 2.75. The number of hydrogen-bond acceptors (Lipinski definition) is 4. The number of nitrogens with zero attached hydrogens (tertiary/aromatic N) is 3. The molecule has 0 atom stereocenters. The first-order chi connectivity index (χ1) is 7.70. The second-order valence-corrected chi connectivity index (χ2v) is 4.14. The van der Waals surface area contributed by atoms with Crippen LogP contribution in [0.1, 0.15) is 0 Å². The van der Waals surface area contributed by atoms with Crippen molar-refractivity contribution in [1.82, 2.24) is 4.98 Å². The molecule has 0 aliphatic heterocycles. The highest BCUT2D eigenvalue weighted by Crippen LogP contribution is 2.29. The molecule has 9 heteroatoms. The molecular formula is C8H7BrF3N3O2. The smallest absolute Gasteiger partial charge is 0.345 e. The van der Waals surface area contributed by atoms with Crippen LogP contribution < -0.4 is 4.90 Å². The van der Waals surface area contributed by atoms with Crippen LogP contribution >= 0.6 is 15.9 Å². The average Bonchev–Trinajstić information content (AvgIpc) is 2.14. The summed E-state index contributed by atoms with van der Waals surface area (Å²) in [5.74, 6) is -0.324. The van der Waals surface area contributed by atoms with E-state index in [1.807, 2.05) is 0 Å². The van der Waals surface area contributed by atoms with E-state index in [4.69, 9.17) is 0 Å². The molecule has 0 fully saturated rings. The van der Waals surface area contributed by atoms with E-state index in [9.17, 15) is 23.3 Å². The van der Waals surface area contributed by atoms with Crippen LogP contribution in [0.3, 0.4) is 0 Å². The number of halogens is 4. The Labute approximate surface area is 103 Å². The van der Waals surface area contributed by atoms with Crippen LogP contribution in [-0.2, 0) is 0 Å². The van der Waals surface area contributed by atoms with E-state index < -0.39 is 23.3 Å². The lowest BCUT2D eigenvalue weighted by molar-refractivity contribution is -0.384. The van der Waals surface area contributed by atoms with Crippen LogP contribution in [0, 0.1) is 10.1 Å². The van der Waals surface area contributed by atoms with Gasteiger partial charge < -0.3 is 4.90 Å². The van der Waals surface area contributed by atoms with Crippen LogP contribution in [0.4, 0.5) is 24.7 Å². The lowest BCUT2D eigenvalue weighted by Crippen LogP contribution is -2.31. The van der Waals surface area contributed by atoms with E-state index in [1.165, 1.54) is 6.20 Å². The standard InChI is InChI=1S/C8H7BrF3N3O2/c1-14(4-8(10,11)12)7-6(15(16)17)2-5(9)3-13-7/h2-3H,4H2,1H3. The molecule has 17 heavy (non-hydrogen) atoms. The summed E-state index contributed by atoms with van der Waals surface area (Å²) < 4.78 is 36.8. The number of aromatic nitrogens is 1. The maximum atomic E-state index is 12.2. The summed E-state index contributed by atoms with van der Waals surface area (Å²) in [6.45, 7) is -1.30. The molecule has 1 rings (SSSR count). The molecule has 0 saturated heterocycles. The van der Waals surface area contributed by atoms with Gasteiger partial charge in [0.05, 0.1) is 4.92 Å². The monoisotopic (exact) mass is 313 g/mol. The fourth-order valence-corrected chi connectivity index (χ4v) is 1.51. The maximum absolute atomic E-state index is 12.2. The molecule has 1 aromatic rings. The summed E-state index contributed by atoms with van der Waals surface area (Å²) >= 11 is 2.97. The van der Waals surface area contributed by atoms with E-state index >= 15 is 0 Å². The van der Waals surface area contributed by atoms with Crippen molar-refractivity contribution in [2.45, 2.75) is 6.18 Å². The molecule has 1 heterocycles. The minimum Gasteiger partial charge on any atom is -0.345 e. The second kappa shape index (κ2) is 4.86. The Balaban J connectivity index is 3.09. The third-order valence-corrected chi connectivity index (χ3v) is 2.22. The number of hydrogen-bond donors (Lipinski definition) is 0. The van der Waals surface area contributed by atoms with Crippen molar-refractivity contribution >= 4 is 27.4 Å². The summed E-state index contributed by atoms with van der Waals surface area (Å²) in [6.07, 6.45) is -3.24. The third kappa shape index (κ3) is 3.84. The van der Waals surface area contributed by atoms with Gasteiger partial charge in [0.2, 0.25) is 5.82 Å². The van der Waals surface area contributed by atoms with E-state index in [0.717, 1.165) is 13.1 Å². The Morgan fingerprint density at radius 2 is 2.18 bits per heavy atom. The van der Waals surface area contributed by atoms with Crippen LogP contribution in [0.15, 0.2) is 16.7 Å². The highest BCUT2D eigenvalue weighted by Gasteiger charge is 2.32. The molecular weight excluding hydrogens is 307 g/mol. The van der Waals surface area contributed by atoms with Gasteiger partial charge in [0.15, 0.2) is 0 Å². The Morgan fingerprint density at radius 1 is 1.59 bits per heavy atom. The van der Waals surface area contributed by atoms with Gasteiger partial charge in [-0.2, -0.15) is 13.2 Å². The van der Waals surface area contributed by atoms with E-state index in [1.54, 1.807) is 0 Å². The number of pyridine rings is 1. The largest absolute Gasteiger partial charge is 0.405 e. The molecule has 0 aromatic carbocycles. The van der Waals surface area contributed by atoms with Gasteiger partial charge in [0, 0.05) is 23.8 Å². The molecule has 94 valence electrons. The zero-order valence-electron chi connectivity index (χ0n) is 8.53. The quantitative estimate of drug-likeness (QED) is 0.636. The Bertz CT molecular complexity index is 439. The number of rotatable bonds is 3. The number of alkyl halides is 3. The molecule has 0 aliphatic carbocycles. The number of anilines is 1. The van der Waals surface area contributed by atoms with Gasteiger partial charge in [-0.1, -0.05) is 0 Å². The molecule has 0 radical (unpaired) electrons. The van der Waals surface area contributed by atoms with Gasteiger partial charge in [0.1, 0.15) is 6.54 Å². The Kier molecular flexibility index (Phi) is 3.91. The van der Waals surface area contributed by atoms with Crippen LogP contribution in [0.2, 0.25) is 0 Å². The fourth-order valence-electron chi connectivity index (χ4n) is 1.19. The molecule has 0 N–H and O–H groups in total. The van der Waals surface area contributed by atoms with Gasteiger partial charge >= 0.3 is 11.9 Å². The highest BCUT2D eigenvalue weighted by atomic mass is 79.9. The summed E-state index contributed by atoms with van der Waals surface area (Å²) in [6, 6.07) is 1.11. The summed E-state index contributed by atoms with van der Waals surface area (Å²) in [4.78, 5) is 14.2. The summed E-state index contributed by atoms with van der Waals surface area (Å²) in [5.41, 5.74) is -0.480. The average molecular weight is 314 g/mol. The predicted molar refractivity (Wildman–Crippen MR) is 57.9 cm³/mol. The van der Waals surface area contributed by atoms with Crippen LogP contribution in [0.5, 0.6) is 0 Å². The van der Waals surface area contributed by atoms with Gasteiger partial charge in [-0.3, -0.25) is 10.1 Å². The van der Waals surface area contributed by atoms with Crippen molar-refractivity contribution < 1.29 is 18.1 Å². The summed E-state index contributed by atoms with van der Waals surface area (Å²) in [5, 5.41) is 10.7. The molecule has 5 nitrogen and oxygen atoms in total. The summed E-state index contributed by atoms with van der Waals surface area (Å²) in [7, 11) is 1.09. The van der Waals surface area contributed by atoms with E-state index in [-0.39, 0.29) is 5.82 Å². The maximum Gasteiger partial charge on any atom is 0.405 e. The van der Waals surface area contributed by atoms with Gasteiger partial charge in [-0.25, -0.2) is 4.98 Å². The van der Waals surface area contributed by atoms with Gasteiger partial charge in [-0.15, -0.1) is 0 Å². The normalized spacial score (nSPS) is 11.4. The molecule has 1 aromatic heterocycles. The molecule has 0 amide bonds. The molecule has 0 bridgehead atoms. The van der Waals surface area contributed by atoms with Gasteiger partial charge in [-0.05, 0) is 15.9 Å². The molecule has 0 saturated carbocycles. The lowest BCUT2D eigenvalue weighted by Gasteiger charge is -2.19. The van der Waals surface area contributed by atoms with Crippen molar-refractivity contribution in [3.8, 4) is 0 Å². The Hall–Kier alpha value is -1.38. The third-order valence-electron chi connectivity index (χ3n) is 1.79. The first-order valence-corrected chi connectivity index (χ1v) is 5.08. The van der Waals surface area contributed by atoms with Crippen molar-refractivity contribution in [1.29, 1.82) is 0 Å². The van der Waals surface area contributed by atoms with Crippen LogP contribution in [-0.4, -0.2) is 29.7 Å². The zero-order valence-corrected chi connectivity index (χ0v) is 10.1. The SMILES string of the molecule is CN(CC(F)(F)F)c1ncc(Br)cc1[N+](=O)[O-]. The molecule has 0 aliphatic rings. The first-order valence-electron chi connectivity index (χ1n) is 4.28. The lowest BCUT2D eigenvalue weighted by atomic mass is 10.3. The molecule has 0 spiro atoms. The molecule has 0 unspecified atom stereocenters. The minimum absolute atomic E-state index is 0.324. The highest BCUT2D eigenvalue weighted by molar-refractivity contribution is 9.10. The minimum atomic E-state index is -4.45. The van der Waals surface area contributed by atoms with E-state index in [2.05, 4.69) is 20.9 Å². The van der Waals surface area contributed by atoms with Crippen molar-refractivity contribution in [2.24, 2.45) is 0 Å². The topological polar surface area (TPSA) is 59.3 Å². The first kappa shape index (κ1) is 13.7. The number of nitro groups is 1. The van der Waals surface area contributed by atoms with Crippen molar-refractivity contribution in [3.05, 3.63) is 26.9 Å². The second-order valence-electron chi connectivity index (χ2n) is 3.22. The van der Waals surface area contributed by atoms with Crippen LogP contribution in [0.25, 0.3) is 0 Å². The van der Waals surface area contributed by atoms with Crippen molar-refractivity contribution in [3.63, 3.8) is 0 Å². The zero-order chi connectivity index (χ0) is 13.2. The van der Waals surface area contributed by atoms with Gasteiger partial charge in [0.25, 0.3) is 0 Å². The van der Waals surface area contributed by atoms with Crippen molar-refractivity contribution in [2.75, 3.05) is 18.5 Å². The Morgan fingerprint density at radius 3 is 2.65 bits per heavy atom.